The normalized spacial score (nSPS) is 27.2. The summed E-state index contributed by atoms with van der Waals surface area (Å²) in [5, 5.41) is 48.9. The largest absolute Gasteiger partial charge is 0.394 e. The van der Waals surface area contributed by atoms with Gasteiger partial charge in [-0.15, -0.1) is 0 Å². The summed E-state index contributed by atoms with van der Waals surface area (Å²) in [4.78, 5) is 0. The topological polar surface area (TPSA) is 123 Å². The molecule has 1 aliphatic heterocycles. The molecule has 1 aliphatic rings. The molecule has 3 rings (SSSR count). The number of benzene rings is 2. The molecule has 0 saturated carbocycles. The smallest absolute Gasteiger partial charge is 0.111 e. The van der Waals surface area contributed by atoms with Crippen molar-refractivity contribution in [1.29, 1.82) is 5.26 Å². The minimum Gasteiger partial charge on any atom is -0.394 e. The Balaban J connectivity index is 1.70. The maximum Gasteiger partial charge on any atom is 0.111 e. The average molecular weight is 420 g/mol. The van der Waals surface area contributed by atoms with Gasteiger partial charge in [-0.2, -0.15) is 5.26 Å². The number of aliphatic hydroxyl groups excluding tert-OH is 4. The van der Waals surface area contributed by atoms with Crippen molar-refractivity contribution in [2.45, 2.75) is 37.1 Å². The van der Waals surface area contributed by atoms with Crippen molar-refractivity contribution in [2.75, 3.05) is 13.2 Å². The summed E-state index contributed by atoms with van der Waals surface area (Å²) in [6.07, 6.45) is -6.21. The van der Waals surface area contributed by atoms with E-state index in [1.165, 1.54) is 0 Å². The van der Waals surface area contributed by atoms with Crippen LogP contribution in [0.15, 0.2) is 42.5 Å². The minimum absolute atomic E-state index is 0.0506. The van der Waals surface area contributed by atoms with Crippen LogP contribution in [0.4, 0.5) is 0 Å². The molecule has 0 bridgehead atoms. The average Bonchev–Trinajstić information content (AvgIpc) is 2.84. The Hall–Kier alpha value is -2.02. The lowest BCUT2D eigenvalue weighted by atomic mass is 10.0. The highest BCUT2D eigenvalue weighted by atomic mass is 35.5. The number of ether oxygens (including phenoxy) is 2. The van der Waals surface area contributed by atoms with Gasteiger partial charge in [-0.3, -0.25) is 0 Å². The molecule has 0 aliphatic carbocycles. The lowest BCUT2D eigenvalue weighted by Gasteiger charge is -2.25. The second kappa shape index (κ2) is 9.65. The summed E-state index contributed by atoms with van der Waals surface area (Å²) in [6, 6.07) is 14.7. The summed E-state index contributed by atoms with van der Waals surface area (Å²) in [5.74, 6) is 0. The second-order valence-corrected chi connectivity index (χ2v) is 7.28. The van der Waals surface area contributed by atoms with Crippen LogP contribution in [-0.2, 0) is 16.1 Å². The van der Waals surface area contributed by atoms with Crippen LogP contribution in [0.2, 0.25) is 5.02 Å². The maximum atomic E-state index is 10.2. The van der Waals surface area contributed by atoms with E-state index in [9.17, 15) is 20.4 Å². The molecule has 4 N–H and O–H groups in total. The first kappa shape index (κ1) is 21.7. The molecule has 0 radical (unpaired) electrons. The zero-order valence-corrected chi connectivity index (χ0v) is 16.2. The van der Waals surface area contributed by atoms with Crippen molar-refractivity contribution in [3.05, 3.63) is 58.6 Å². The van der Waals surface area contributed by atoms with E-state index in [4.69, 9.17) is 26.3 Å². The quantitative estimate of drug-likeness (QED) is 0.574. The lowest BCUT2D eigenvalue weighted by Crippen LogP contribution is -2.47. The highest BCUT2D eigenvalue weighted by Gasteiger charge is 2.40. The van der Waals surface area contributed by atoms with E-state index in [2.05, 4.69) is 6.07 Å². The first-order valence-electron chi connectivity index (χ1n) is 9.11. The predicted molar refractivity (Wildman–Crippen MR) is 105 cm³/mol. The molecule has 0 aromatic heterocycles. The highest BCUT2D eigenvalue weighted by molar-refractivity contribution is 6.31. The second-order valence-electron chi connectivity index (χ2n) is 6.87. The molecule has 0 spiro atoms. The van der Waals surface area contributed by atoms with E-state index in [1.807, 2.05) is 12.1 Å². The van der Waals surface area contributed by atoms with Crippen LogP contribution in [0.5, 0.6) is 0 Å². The van der Waals surface area contributed by atoms with Crippen LogP contribution < -0.4 is 0 Å². The van der Waals surface area contributed by atoms with Gasteiger partial charge in [-0.25, -0.2) is 0 Å². The molecule has 2 aromatic carbocycles. The van der Waals surface area contributed by atoms with Gasteiger partial charge in [-0.05, 0) is 34.9 Å². The van der Waals surface area contributed by atoms with E-state index in [0.29, 0.717) is 16.1 Å². The van der Waals surface area contributed by atoms with Gasteiger partial charge in [0.05, 0.1) is 31.5 Å². The number of halogens is 1. The summed E-state index contributed by atoms with van der Waals surface area (Å²) in [6.45, 7) is -0.538. The standard InChI is InChI=1S/C21H22ClNO6/c22-16-7-14(13-3-1-2-12(6-13)8-23)4-5-15(16)10-28-18-11-29-17(9-24)19(25)21(27)20(18)26/h1-7,17-21,24-27H,9-11H2/t17-,18+,19-,20-,21+/m1/s1. The summed E-state index contributed by atoms with van der Waals surface area (Å²) in [5.41, 5.74) is 2.92. The zero-order chi connectivity index (χ0) is 21.0. The van der Waals surface area contributed by atoms with E-state index < -0.39 is 37.1 Å². The van der Waals surface area contributed by atoms with Crippen molar-refractivity contribution in [3.63, 3.8) is 0 Å². The first-order chi connectivity index (χ1) is 13.9. The van der Waals surface area contributed by atoms with Crippen molar-refractivity contribution in [3.8, 4) is 17.2 Å². The molecule has 2 aromatic rings. The minimum atomic E-state index is -1.51. The van der Waals surface area contributed by atoms with Crippen molar-refractivity contribution in [2.24, 2.45) is 0 Å². The maximum absolute atomic E-state index is 10.2. The van der Waals surface area contributed by atoms with Gasteiger partial charge < -0.3 is 29.9 Å². The van der Waals surface area contributed by atoms with Crippen LogP contribution >= 0.6 is 11.6 Å². The Morgan fingerprint density at radius 2 is 1.83 bits per heavy atom. The fourth-order valence-corrected chi connectivity index (χ4v) is 3.41. The first-order valence-corrected chi connectivity index (χ1v) is 9.49. The Labute approximate surface area is 173 Å². The Bertz CT molecular complexity index is 886. The molecule has 1 fully saturated rings. The van der Waals surface area contributed by atoms with Gasteiger partial charge in [0.1, 0.15) is 30.5 Å². The zero-order valence-electron chi connectivity index (χ0n) is 15.5. The monoisotopic (exact) mass is 419 g/mol. The van der Waals surface area contributed by atoms with Crippen molar-refractivity contribution in [1.82, 2.24) is 0 Å². The molecule has 0 unspecified atom stereocenters. The van der Waals surface area contributed by atoms with E-state index in [0.717, 1.165) is 11.1 Å². The Morgan fingerprint density at radius 3 is 2.52 bits per heavy atom. The fourth-order valence-electron chi connectivity index (χ4n) is 3.17. The Morgan fingerprint density at radius 1 is 1.07 bits per heavy atom. The molecular weight excluding hydrogens is 398 g/mol. The lowest BCUT2D eigenvalue weighted by molar-refractivity contribution is -0.118. The summed E-state index contributed by atoms with van der Waals surface area (Å²) in [7, 11) is 0. The number of aliphatic hydroxyl groups is 4. The van der Waals surface area contributed by atoms with Gasteiger partial charge in [0.25, 0.3) is 0 Å². The van der Waals surface area contributed by atoms with Crippen LogP contribution in [0, 0.1) is 11.3 Å². The van der Waals surface area contributed by atoms with Crippen LogP contribution in [0.3, 0.4) is 0 Å². The van der Waals surface area contributed by atoms with Gasteiger partial charge in [0, 0.05) is 5.02 Å². The third kappa shape index (κ3) is 4.94. The van der Waals surface area contributed by atoms with Crippen molar-refractivity contribution >= 4 is 11.6 Å². The van der Waals surface area contributed by atoms with Crippen LogP contribution in [0.25, 0.3) is 11.1 Å². The molecule has 8 heteroatoms. The molecule has 154 valence electrons. The number of nitriles is 1. The number of rotatable bonds is 5. The van der Waals surface area contributed by atoms with Gasteiger partial charge in [0.15, 0.2) is 0 Å². The molecule has 1 heterocycles. The molecular formula is C21H22ClNO6. The third-order valence-electron chi connectivity index (χ3n) is 4.95. The molecule has 5 atom stereocenters. The summed E-state index contributed by atoms with van der Waals surface area (Å²) < 4.78 is 11.0. The molecule has 0 amide bonds. The molecule has 29 heavy (non-hydrogen) atoms. The van der Waals surface area contributed by atoms with Crippen molar-refractivity contribution < 1.29 is 29.9 Å². The summed E-state index contributed by atoms with van der Waals surface area (Å²) >= 11 is 6.38. The third-order valence-corrected chi connectivity index (χ3v) is 5.30. The van der Waals surface area contributed by atoms with Gasteiger partial charge in [0.2, 0.25) is 0 Å². The van der Waals surface area contributed by atoms with E-state index in [-0.39, 0.29) is 13.2 Å². The predicted octanol–water partition coefficient (Wildman–Crippen LogP) is 1.24. The number of hydrogen-bond donors (Lipinski definition) is 4. The highest BCUT2D eigenvalue weighted by Crippen LogP contribution is 2.28. The molecule has 7 nitrogen and oxygen atoms in total. The SMILES string of the molecule is N#Cc1cccc(-c2ccc(CO[C@H]3CO[C@H](CO)[C@@H](O)[C@H](O)[C@@H]3O)c(Cl)c2)c1. The van der Waals surface area contributed by atoms with Crippen LogP contribution in [0.1, 0.15) is 11.1 Å². The van der Waals surface area contributed by atoms with E-state index >= 15 is 0 Å². The number of nitrogens with zero attached hydrogens (tertiary/aromatic N) is 1. The van der Waals surface area contributed by atoms with Gasteiger partial charge >= 0.3 is 0 Å². The van der Waals surface area contributed by atoms with E-state index in [1.54, 1.807) is 30.3 Å². The van der Waals surface area contributed by atoms with Crippen LogP contribution in [-0.4, -0.2) is 64.2 Å². The van der Waals surface area contributed by atoms with Gasteiger partial charge in [-0.1, -0.05) is 35.9 Å². The number of hydrogen-bond acceptors (Lipinski definition) is 7. The fraction of sp³-hybridized carbons (Fsp3) is 0.381. The molecule has 1 saturated heterocycles. The Kier molecular flexibility index (Phi) is 7.22.